The Morgan fingerprint density at radius 2 is 1.71 bits per heavy atom. The lowest BCUT2D eigenvalue weighted by atomic mass is 10.0. The van der Waals surface area contributed by atoms with Crippen molar-refractivity contribution in [2.75, 3.05) is 51.3 Å². The van der Waals surface area contributed by atoms with Crippen molar-refractivity contribution in [2.24, 2.45) is 0 Å². The number of benzene rings is 3. The van der Waals surface area contributed by atoms with E-state index in [-0.39, 0.29) is 34.7 Å². The minimum atomic E-state index is -1.07. The van der Waals surface area contributed by atoms with Gasteiger partial charge in [-0.15, -0.1) is 0 Å². The number of nitrogens with zero attached hydrogens (tertiary/aromatic N) is 2. The van der Waals surface area contributed by atoms with Crippen LogP contribution in [0.4, 0.5) is 14.5 Å². The van der Waals surface area contributed by atoms with Crippen molar-refractivity contribution in [2.45, 2.75) is 6.42 Å². The number of carboxylic acid groups (broad SMARTS) is 1. The van der Waals surface area contributed by atoms with Crippen LogP contribution in [0, 0.1) is 11.6 Å². The number of rotatable bonds is 11. The Hall–Kier alpha value is -4.17. The van der Waals surface area contributed by atoms with Gasteiger partial charge in [0.25, 0.3) is 5.91 Å². The maximum absolute atomic E-state index is 14.0. The van der Waals surface area contributed by atoms with Gasteiger partial charge in [-0.1, -0.05) is 36.1 Å². The number of thiocarbonyl (C=S) groups is 1. The second-order valence-corrected chi connectivity index (χ2v) is 11.9. The van der Waals surface area contributed by atoms with Crippen LogP contribution in [-0.2, 0) is 14.3 Å². The lowest BCUT2D eigenvalue weighted by molar-refractivity contribution is -0.122. The van der Waals surface area contributed by atoms with Crippen LogP contribution in [0.25, 0.3) is 17.2 Å². The summed E-state index contributed by atoms with van der Waals surface area (Å²) in [4.78, 5) is 40.8. The van der Waals surface area contributed by atoms with E-state index in [4.69, 9.17) is 26.8 Å². The summed E-state index contributed by atoms with van der Waals surface area (Å²) in [6.07, 6.45) is 1.61. The first-order valence-corrected chi connectivity index (χ1v) is 15.3. The number of thioether (sulfide) groups is 1. The highest BCUT2D eigenvalue weighted by Crippen LogP contribution is 2.36. The Kier molecular flexibility index (Phi) is 10.6. The van der Waals surface area contributed by atoms with Crippen molar-refractivity contribution in [3.05, 3.63) is 88.3 Å². The summed E-state index contributed by atoms with van der Waals surface area (Å²) in [5.74, 6) is -3.23. The van der Waals surface area contributed by atoms with Gasteiger partial charge in [0.15, 0.2) is 11.6 Å². The molecule has 0 unspecified atom stereocenters. The average molecular weight is 654 g/mol. The van der Waals surface area contributed by atoms with Crippen molar-refractivity contribution < 1.29 is 37.7 Å². The van der Waals surface area contributed by atoms with Gasteiger partial charge < -0.3 is 19.9 Å². The number of carboxylic acids is 1. The average Bonchev–Trinajstić information content (AvgIpc) is 3.30. The van der Waals surface area contributed by atoms with Crippen LogP contribution in [0.3, 0.4) is 0 Å². The number of ether oxygens (including phenoxy) is 2. The number of amides is 2. The second-order valence-electron chi connectivity index (χ2n) is 10.2. The maximum Gasteiger partial charge on any atom is 0.335 e. The number of carbonyl (C=O) groups is 3. The third kappa shape index (κ3) is 8.31. The van der Waals surface area contributed by atoms with Gasteiger partial charge >= 0.3 is 5.97 Å². The summed E-state index contributed by atoms with van der Waals surface area (Å²) >= 11 is 6.54. The Balaban J connectivity index is 1.30. The Labute approximate surface area is 267 Å². The fraction of sp³-hybridized carbons (Fsp3) is 0.250. The molecule has 13 heteroatoms. The number of aromatic carboxylic acids is 1. The smallest absolute Gasteiger partial charge is 0.335 e. The van der Waals surface area contributed by atoms with Crippen LogP contribution in [0.5, 0.6) is 5.75 Å². The molecule has 2 aliphatic rings. The number of nitrogens with one attached hydrogen (secondary N) is 1. The third-order valence-corrected chi connectivity index (χ3v) is 8.55. The molecule has 0 atom stereocenters. The topological polar surface area (TPSA) is 108 Å². The van der Waals surface area contributed by atoms with E-state index in [0.717, 1.165) is 37.0 Å². The Bertz CT molecular complexity index is 1640. The van der Waals surface area contributed by atoms with Gasteiger partial charge in [0.05, 0.1) is 23.7 Å². The van der Waals surface area contributed by atoms with Gasteiger partial charge in [-0.2, -0.15) is 0 Å². The Morgan fingerprint density at radius 1 is 1.00 bits per heavy atom. The van der Waals surface area contributed by atoms with Crippen LogP contribution >= 0.6 is 24.0 Å². The molecular weight excluding hydrogens is 624 g/mol. The van der Waals surface area contributed by atoms with E-state index < -0.39 is 17.6 Å². The van der Waals surface area contributed by atoms with E-state index in [1.54, 1.807) is 24.3 Å². The molecule has 0 aromatic heterocycles. The standard InChI is InChI=1S/C32H29F2N3O6S2/c33-25-7-3-22(18-26(25)34)21-4-8-27(43-16-13-36-11-14-42-15-12-36)23(17-21)19-28-30(39)37(32(44)45-28)10-9-29(38)35-24-5-1-20(2-6-24)31(40)41/h1-8,17-19H,9-16H2,(H,35,38)(H,40,41). The highest BCUT2D eigenvalue weighted by Gasteiger charge is 2.32. The minimum Gasteiger partial charge on any atom is -0.492 e. The summed E-state index contributed by atoms with van der Waals surface area (Å²) in [5, 5.41) is 11.7. The van der Waals surface area contributed by atoms with Crippen LogP contribution in [0.1, 0.15) is 22.3 Å². The first-order chi connectivity index (χ1) is 21.7. The molecule has 3 aromatic rings. The summed E-state index contributed by atoms with van der Waals surface area (Å²) in [5.41, 5.74) is 2.14. The molecule has 45 heavy (non-hydrogen) atoms. The van der Waals surface area contributed by atoms with Gasteiger partial charge in [0.2, 0.25) is 5.91 Å². The summed E-state index contributed by atoms with van der Waals surface area (Å²) in [6.45, 7) is 4.06. The predicted molar refractivity (Wildman–Crippen MR) is 171 cm³/mol. The van der Waals surface area contributed by atoms with Crippen LogP contribution < -0.4 is 10.1 Å². The first-order valence-electron chi connectivity index (χ1n) is 14.1. The number of morpholine rings is 1. The van der Waals surface area contributed by atoms with Gasteiger partial charge in [-0.3, -0.25) is 19.4 Å². The zero-order chi connectivity index (χ0) is 31.9. The first kappa shape index (κ1) is 32.2. The summed E-state index contributed by atoms with van der Waals surface area (Å²) in [6, 6.07) is 14.6. The van der Waals surface area contributed by atoms with Crippen LogP contribution in [0.15, 0.2) is 65.6 Å². The molecule has 0 saturated carbocycles. The lowest BCUT2D eigenvalue weighted by Crippen LogP contribution is -2.38. The molecule has 0 spiro atoms. The fourth-order valence-electron chi connectivity index (χ4n) is 4.72. The molecule has 2 amide bonds. The van der Waals surface area contributed by atoms with Crippen molar-refractivity contribution in [1.82, 2.24) is 9.80 Å². The monoisotopic (exact) mass is 653 g/mol. The Morgan fingerprint density at radius 3 is 2.42 bits per heavy atom. The van der Waals surface area contributed by atoms with Gasteiger partial charge in [-0.05, 0) is 65.7 Å². The molecule has 9 nitrogen and oxygen atoms in total. The lowest BCUT2D eigenvalue weighted by Gasteiger charge is -2.26. The van der Waals surface area contributed by atoms with E-state index in [2.05, 4.69) is 10.2 Å². The molecule has 0 radical (unpaired) electrons. The van der Waals surface area contributed by atoms with E-state index in [1.807, 2.05) is 0 Å². The molecular formula is C32H29F2N3O6S2. The maximum atomic E-state index is 14.0. The molecule has 2 N–H and O–H groups in total. The molecule has 2 saturated heterocycles. The highest BCUT2D eigenvalue weighted by molar-refractivity contribution is 8.26. The molecule has 234 valence electrons. The number of carbonyl (C=O) groups excluding carboxylic acids is 2. The zero-order valence-electron chi connectivity index (χ0n) is 24.0. The van der Waals surface area contributed by atoms with E-state index in [0.29, 0.717) is 59.4 Å². The number of halogens is 2. The van der Waals surface area contributed by atoms with Crippen molar-refractivity contribution in [1.29, 1.82) is 0 Å². The molecule has 2 aliphatic heterocycles. The van der Waals surface area contributed by atoms with Crippen molar-refractivity contribution in [3.63, 3.8) is 0 Å². The van der Waals surface area contributed by atoms with Gasteiger partial charge in [-0.25, -0.2) is 13.6 Å². The van der Waals surface area contributed by atoms with Gasteiger partial charge in [0, 0.05) is 43.9 Å². The number of hydrogen-bond acceptors (Lipinski definition) is 8. The molecule has 2 fully saturated rings. The fourth-order valence-corrected chi connectivity index (χ4v) is 6.02. The zero-order valence-corrected chi connectivity index (χ0v) is 25.6. The van der Waals surface area contributed by atoms with Gasteiger partial charge in [0.1, 0.15) is 16.7 Å². The van der Waals surface area contributed by atoms with Crippen LogP contribution in [-0.4, -0.2) is 83.0 Å². The third-order valence-electron chi connectivity index (χ3n) is 7.17. The molecule has 0 bridgehead atoms. The second kappa shape index (κ2) is 14.7. The number of hydrogen-bond donors (Lipinski definition) is 2. The van der Waals surface area contributed by atoms with E-state index in [9.17, 15) is 23.2 Å². The molecule has 0 aliphatic carbocycles. The molecule has 2 heterocycles. The van der Waals surface area contributed by atoms with Crippen molar-refractivity contribution >= 4 is 57.8 Å². The molecule has 3 aromatic carbocycles. The quantitative estimate of drug-likeness (QED) is 0.211. The summed E-state index contributed by atoms with van der Waals surface area (Å²) < 4.78 is 39.4. The number of anilines is 1. The highest BCUT2D eigenvalue weighted by atomic mass is 32.2. The SMILES string of the molecule is O=C(CCN1C(=O)C(=Cc2cc(-c3ccc(F)c(F)c3)ccc2OCCN2CCOCC2)SC1=S)Nc1ccc(C(=O)O)cc1. The minimum absolute atomic E-state index is 0.0398. The predicted octanol–water partition coefficient (Wildman–Crippen LogP) is 5.27. The summed E-state index contributed by atoms with van der Waals surface area (Å²) in [7, 11) is 0. The largest absolute Gasteiger partial charge is 0.492 e. The van der Waals surface area contributed by atoms with Crippen LogP contribution in [0.2, 0.25) is 0 Å². The van der Waals surface area contributed by atoms with E-state index >= 15 is 0 Å². The van der Waals surface area contributed by atoms with Crippen molar-refractivity contribution in [3.8, 4) is 16.9 Å². The molecule has 5 rings (SSSR count). The normalized spacial score (nSPS) is 16.3. The van der Waals surface area contributed by atoms with E-state index in [1.165, 1.54) is 35.2 Å².